The van der Waals surface area contributed by atoms with E-state index in [1.165, 1.54) is 0 Å². The van der Waals surface area contributed by atoms with Crippen LogP contribution < -0.4 is 10.6 Å². The maximum absolute atomic E-state index is 12.3. The lowest BCUT2D eigenvalue weighted by Crippen LogP contribution is -2.41. The van der Waals surface area contributed by atoms with Gasteiger partial charge >= 0.3 is 0 Å². The van der Waals surface area contributed by atoms with Crippen LogP contribution >= 0.6 is 0 Å². The Kier molecular flexibility index (Phi) is 6.65. The molecule has 3 rings (SSSR count). The normalized spacial score (nSPS) is 15.4. The van der Waals surface area contributed by atoms with Gasteiger partial charge in [0.2, 0.25) is 11.8 Å². The summed E-state index contributed by atoms with van der Waals surface area (Å²) in [5, 5.41) is 5.91. The molecule has 0 unspecified atom stereocenters. The number of hydrogen-bond acceptors (Lipinski definition) is 4. The SMILES string of the molecule is Cc1ccccc1NC(=O)CCN1CCC(C(=O)NCc2ccco2)CC1. The maximum Gasteiger partial charge on any atom is 0.225 e. The lowest BCUT2D eigenvalue weighted by Gasteiger charge is -2.31. The van der Waals surface area contributed by atoms with Gasteiger partial charge in [0.15, 0.2) is 0 Å². The number of hydrogen-bond donors (Lipinski definition) is 2. The zero-order valence-electron chi connectivity index (χ0n) is 15.7. The van der Waals surface area contributed by atoms with Crippen molar-refractivity contribution >= 4 is 17.5 Å². The van der Waals surface area contributed by atoms with Crippen LogP contribution in [0.15, 0.2) is 47.1 Å². The standard InChI is InChI=1S/C21H27N3O3/c1-16-5-2-3-7-19(16)23-20(25)10-13-24-11-8-17(9-12-24)21(26)22-15-18-6-4-14-27-18/h2-7,14,17H,8-13,15H2,1H3,(H,22,26)(H,23,25). The van der Waals surface area contributed by atoms with Gasteiger partial charge in [-0.1, -0.05) is 18.2 Å². The zero-order chi connectivity index (χ0) is 19.1. The molecule has 1 aromatic heterocycles. The van der Waals surface area contributed by atoms with Gasteiger partial charge in [-0.25, -0.2) is 0 Å². The van der Waals surface area contributed by atoms with E-state index in [-0.39, 0.29) is 17.7 Å². The Bertz CT molecular complexity index is 750. The first kappa shape index (κ1) is 19.2. The van der Waals surface area contributed by atoms with Gasteiger partial charge in [0.25, 0.3) is 0 Å². The number of para-hydroxylation sites is 1. The van der Waals surface area contributed by atoms with Crippen LogP contribution in [0.1, 0.15) is 30.6 Å². The average molecular weight is 369 g/mol. The summed E-state index contributed by atoms with van der Waals surface area (Å²) in [5.41, 5.74) is 1.93. The molecule has 1 aliphatic rings. The van der Waals surface area contributed by atoms with Gasteiger partial charge in [0.1, 0.15) is 5.76 Å². The van der Waals surface area contributed by atoms with E-state index in [0.717, 1.165) is 49.5 Å². The van der Waals surface area contributed by atoms with Crippen molar-refractivity contribution in [3.63, 3.8) is 0 Å². The molecule has 0 saturated carbocycles. The highest BCUT2D eigenvalue weighted by atomic mass is 16.3. The lowest BCUT2D eigenvalue weighted by molar-refractivity contribution is -0.127. The molecular weight excluding hydrogens is 342 g/mol. The number of carbonyl (C=O) groups is 2. The van der Waals surface area contributed by atoms with E-state index >= 15 is 0 Å². The summed E-state index contributed by atoms with van der Waals surface area (Å²) in [6.07, 6.45) is 3.71. The van der Waals surface area contributed by atoms with Gasteiger partial charge in [0, 0.05) is 24.6 Å². The molecule has 2 heterocycles. The summed E-state index contributed by atoms with van der Waals surface area (Å²) in [6.45, 7) is 4.83. The van der Waals surface area contributed by atoms with Crippen molar-refractivity contribution in [2.75, 3.05) is 25.0 Å². The zero-order valence-corrected chi connectivity index (χ0v) is 15.7. The minimum absolute atomic E-state index is 0.0302. The summed E-state index contributed by atoms with van der Waals surface area (Å²) in [7, 11) is 0. The van der Waals surface area contributed by atoms with Gasteiger partial charge in [0.05, 0.1) is 12.8 Å². The van der Waals surface area contributed by atoms with Crippen LogP contribution in [0.2, 0.25) is 0 Å². The molecule has 2 N–H and O–H groups in total. The Labute approximate surface area is 159 Å². The number of likely N-dealkylation sites (tertiary alicyclic amines) is 1. The summed E-state index contributed by atoms with van der Waals surface area (Å²) in [4.78, 5) is 26.7. The molecule has 6 nitrogen and oxygen atoms in total. The number of carbonyl (C=O) groups excluding carboxylic acids is 2. The van der Waals surface area contributed by atoms with Crippen molar-refractivity contribution in [2.45, 2.75) is 32.7 Å². The first-order valence-corrected chi connectivity index (χ1v) is 9.50. The van der Waals surface area contributed by atoms with E-state index in [2.05, 4.69) is 15.5 Å². The molecule has 1 fully saturated rings. The average Bonchev–Trinajstić information content (AvgIpc) is 3.20. The quantitative estimate of drug-likeness (QED) is 0.787. The molecule has 2 amide bonds. The van der Waals surface area contributed by atoms with Crippen LogP contribution in [0.5, 0.6) is 0 Å². The van der Waals surface area contributed by atoms with Crippen LogP contribution in [0, 0.1) is 12.8 Å². The number of anilines is 1. The Morgan fingerprint density at radius 1 is 1.15 bits per heavy atom. The van der Waals surface area contributed by atoms with E-state index in [4.69, 9.17) is 4.42 Å². The van der Waals surface area contributed by atoms with Crippen molar-refractivity contribution in [1.29, 1.82) is 0 Å². The molecule has 1 aliphatic heterocycles. The Morgan fingerprint density at radius 2 is 1.93 bits per heavy atom. The number of aryl methyl sites for hydroxylation is 1. The predicted molar refractivity (Wildman–Crippen MR) is 104 cm³/mol. The van der Waals surface area contributed by atoms with Crippen molar-refractivity contribution < 1.29 is 14.0 Å². The molecule has 6 heteroatoms. The third kappa shape index (κ3) is 5.69. The summed E-state index contributed by atoms with van der Waals surface area (Å²) in [5.74, 6) is 0.920. The second-order valence-electron chi connectivity index (χ2n) is 7.03. The van der Waals surface area contributed by atoms with Crippen LogP contribution in [0.25, 0.3) is 0 Å². The van der Waals surface area contributed by atoms with Gasteiger partial charge in [-0.2, -0.15) is 0 Å². The number of rotatable bonds is 7. The van der Waals surface area contributed by atoms with E-state index < -0.39 is 0 Å². The summed E-state index contributed by atoms with van der Waals surface area (Å²) < 4.78 is 5.23. The number of nitrogens with one attached hydrogen (secondary N) is 2. The van der Waals surface area contributed by atoms with Crippen molar-refractivity contribution in [2.24, 2.45) is 5.92 Å². The molecule has 0 aliphatic carbocycles. The van der Waals surface area contributed by atoms with Crippen molar-refractivity contribution in [1.82, 2.24) is 10.2 Å². The molecule has 0 radical (unpaired) electrons. The maximum atomic E-state index is 12.3. The van der Waals surface area contributed by atoms with Crippen molar-refractivity contribution in [3.8, 4) is 0 Å². The topological polar surface area (TPSA) is 74.6 Å². The highest BCUT2D eigenvalue weighted by molar-refractivity contribution is 5.91. The first-order chi connectivity index (χ1) is 13.1. The molecule has 0 spiro atoms. The number of nitrogens with zero attached hydrogens (tertiary/aromatic N) is 1. The van der Waals surface area contributed by atoms with E-state index in [9.17, 15) is 9.59 Å². The molecule has 1 aromatic carbocycles. The Balaban J connectivity index is 1.35. The molecule has 27 heavy (non-hydrogen) atoms. The third-order valence-corrected chi connectivity index (χ3v) is 5.05. The molecule has 144 valence electrons. The summed E-state index contributed by atoms with van der Waals surface area (Å²) >= 11 is 0. The minimum Gasteiger partial charge on any atom is -0.467 e. The Hall–Kier alpha value is -2.60. The Morgan fingerprint density at radius 3 is 2.63 bits per heavy atom. The van der Waals surface area contributed by atoms with E-state index in [0.29, 0.717) is 13.0 Å². The third-order valence-electron chi connectivity index (χ3n) is 5.05. The fourth-order valence-electron chi connectivity index (χ4n) is 3.34. The largest absolute Gasteiger partial charge is 0.467 e. The second kappa shape index (κ2) is 9.37. The predicted octanol–water partition coefficient (Wildman–Crippen LogP) is 2.95. The number of amides is 2. The number of benzene rings is 1. The van der Waals surface area contributed by atoms with Gasteiger partial charge in [-0.15, -0.1) is 0 Å². The van der Waals surface area contributed by atoms with Crippen LogP contribution in [-0.4, -0.2) is 36.3 Å². The van der Waals surface area contributed by atoms with Crippen molar-refractivity contribution in [3.05, 3.63) is 54.0 Å². The van der Waals surface area contributed by atoms with Gasteiger partial charge in [-0.05, 0) is 56.6 Å². The van der Waals surface area contributed by atoms with E-state index in [1.54, 1.807) is 6.26 Å². The highest BCUT2D eigenvalue weighted by Gasteiger charge is 2.25. The van der Waals surface area contributed by atoms with Crippen LogP contribution in [-0.2, 0) is 16.1 Å². The lowest BCUT2D eigenvalue weighted by atomic mass is 9.96. The molecule has 2 aromatic rings. The monoisotopic (exact) mass is 369 g/mol. The summed E-state index contributed by atoms with van der Waals surface area (Å²) in [6, 6.07) is 11.4. The molecular formula is C21H27N3O3. The van der Waals surface area contributed by atoms with E-state index in [1.807, 2.05) is 43.3 Å². The molecule has 1 saturated heterocycles. The van der Waals surface area contributed by atoms with Gasteiger partial charge in [-0.3, -0.25) is 9.59 Å². The number of furan rings is 1. The molecule has 0 bridgehead atoms. The number of piperidine rings is 1. The first-order valence-electron chi connectivity index (χ1n) is 9.50. The second-order valence-corrected chi connectivity index (χ2v) is 7.03. The fourth-order valence-corrected chi connectivity index (χ4v) is 3.34. The highest BCUT2D eigenvalue weighted by Crippen LogP contribution is 2.18. The minimum atomic E-state index is 0.0302. The molecule has 0 atom stereocenters. The van der Waals surface area contributed by atoms with Gasteiger partial charge < -0.3 is 20.0 Å². The van der Waals surface area contributed by atoms with Crippen LogP contribution in [0.4, 0.5) is 5.69 Å². The van der Waals surface area contributed by atoms with Crippen LogP contribution in [0.3, 0.4) is 0 Å². The fraction of sp³-hybridized carbons (Fsp3) is 0.429. The smallest absolute Gasteiger partial charge is 0.225 e.